The fourth-order valence-corrected chi connectivity index (χ4v) is 5.61. The van der Waals surface area contributed by atoms with Crippen molar-refractivity contribution in [2.75, 3.05) is 5.01 Å². The molecule has 2 aromatic rings. The Balaban J connectivity index is 1.56. The number of carbonyl (C=O) groups is 1. The highest BCUT2D eigenvalue weighted by atomic mass is 32.2. The van der Waals surface area contributed by atoms with Gasteiger partial charge in [-0.2, -0.15) is 8.42 Å². The van der Waals surface area contributed by atoms with Crippen LogP contribution in [-0.4, -0.2) is 24.9 Å². The summed E-state index contributed by atoms with van der Waals surface area (Å²) in [5.41, 5.74) is 3.00. The van der Waals surface area contributed by atoms with Crippen LogP contribution in [0.15, 0.2) is 53.4 Å². The average Bonchev–Trinajstić information content (AvgIpc) is 3.11. The molecule has 2 N–H and O–H groups in total. The molecule has 2 aromatic carbocycles. The summed E-state index contributed by atoms with van der Waals surface area (Å²) in [5.74, 6) is 0.295. The normalized spacial score (nSPS) is 17.2. The minimum absolute atomic E-state index is 0.00846. The van der Waals surface area contributed by atoms with E-state index in [9.17, 15) is 17.8 Å². The zero-order valence-electron chi connectivity index (χ0n) is 23.1. The van der Waals surface area contributed by atoms with E-state index in [0.717, 1.165) is 19.3 Å². The van der Waals surface area contributed by atoms with Crippen LogP contribution in [0, 0.1) is 5.41 Å². The molecule has 1 atom stereocenters. The molecule has 3 rings (SSSR count). The summed E-state index contributed by atoms with van der Waals surface area (Å²) in [6, 6.07) is 13.0. The van der Waals surface area contributed by atoms with Gasteiger partial charge in [0.05, 0.1) is 11.1 Å². The predicted octanol–water partition coefficient (Wildman–Crippen LogP) is 7.67. The third kappa shape index (κ3) is 8.29. The number of ether oxygens (including phenoxy) is 1. The van der Waals surface area contributed by atoms with Gasteiger partial charge in [0, 0.05) is 6.04 Å². The van der Waals surface area contributed by atoms with Crippen molar-refractivity contribution in [2.24, 2.45) is 5.41 Å². The Bertz CT molecular complexity index is 1130. The van der Waals surface area contributed by atoms with Gasteiger partial charge in [-0.05, 0) is 50.6 Å². The molecule has 1 fully saturated rings. The van der Waals surface area contributed by atoms with Crippen LogP contribution in [0.3, 0.4) is 0 Å². The Morgan fingerprint density at radius 2 is 1.47 bits per heavy atom. The lowest BCUT2D eigenvalue weighted by Crippen LogP contribution is -2.37. The van der Waals surface area contributed by atoms with E-state index in [0.29, 0.717) is 11.4 Å². The van der Waals surface area contributed by atoms with Crippen LogP contribution in [0.25, 0.3) is 0 Å². The molecule has 8 heteroatoms. The molecule has 0 radical (unpaired) electrons. The van der Waals surface area contributed by atoms with Gasteiger partial charge in [-0.15, -0.1) is 0 Å². The van der Waals surface area contributed by atoms with Gasteiger partial charge in [0.25, 0.3) is 10.1 Å². The summed E-state index contributed by atoms with van der Waals surface area (Å²) in [5, 5.41) is 1.41. The Morgan fingerprint density at radius 3 is 2.05 bits per heavy atom. The average molecular weight is 545 g/mol. The molecule has 0 spiro atoms. The van der Waals surface area contributed by atoms with Crippen molar-refractivity contribution in [2.45, 2.75) is 109 Å². The molecule has 1 aliphatic heterocycles. The summed E-state index contributed by atoms with van der Waals surface area (Å²) in [4.78, 5) is 12.9. The van der Waals surface area contributed by atoms with Gasteiger partial charge in [-0.1, -0.05) is 95.8 Å². The van der Waals surface area contributed by atoms with Gasteiger partial charge in [0.15, 0.2) is 0 Å². The van der Waals surface area contributed by atoms with Gasteiger partial charge < -0.3 is 4.74 Å². The first-order chi connectivity index (χ1) is 18.1. The zero-order valence-corrected chi connectivity index (χ0v) is 23.9. The van der Waals surface area contributed by atoms with Gasteiger partial charge in [-0.25, -0.2) is 10.4 Å². The van der Waals surface area contributed by atoms with E-state index in [1.165, 1.54) is 74.9 Å². The minimum Gasteiger partial charge on any atom is -0.456 e. The molecule has 1 unspecified atom stereocenters. The van der Waals surface area contributed by atoms with Crippen molar-refractivity contribution >= 4 is 21.7 Å². The number of carbonyl (C=O) groups excluding carboxylic acids is 1. The summed E-state index contributed by atoms with van der Waals surface area (Å²) >= 11 is 0. The number of nitrogens with one attached hydrogen (secondary N) is 1. The molecule has 0 saturated carbocycles. The Hall–Kier alpha value is -2.42. The SMILES string of the molecule is CCCCCCCCCCCCCC1NN(c2ccc(Oc3ccccc3)c(S(=O)(=O)O)c2)C(=O)C1(C)C. The number of hydrogen-bond donors (Lipinski definition) is 2. The fourth-order valence-electron chi connectivity index (χ4n) is 4.98. The number of hydrazine groups is 1. The van der Waals surface area contributed by atoms with Crippen LogP contribution in [0.1, 0.15) is 97.8 Å². The van der Waals surface area contributed by atoms with Crippen LogP contribution >= 0.6 is 0 Å². The smallest absolute Gasteiger partial charge is 0.298 e. The van der Waals surface area contributed by atoms with E-state index in [4.69, 9.17) is 4.74 Å². The first-order valence-corrected chi connectivity index (χ1v) is 15.5. The maximum absolute atomic E-state index is 13.3. The van der Waals surface area contributed by atoms with Crippen molar-refractivity contribution in [1.82, 2.24) is 5.43 Å². The van der Waals surface area contributed by atoms with E-state index in [2.05, 4.69) is 12.3 Å². The van der Waals surface area contributed by atoms with E-state index in [-0.39, 0.29) is 22.6 Å². The second kappa shape index (κ2) is 14.1. The van der Waals surface area contributed by atoms with Crippen LogP contribution in [0.5, 0.6) is 11.5 Å². The standard InChI is InChI=1S/C30H44N2O5S/c1-4-5-6-7-8-9-10-11-12-13-17-20-28-30(2,3)29(33)32(31-28)24-21-22-26(27(23-24)38(34,35)36)37-25-18-15-14-16-19-25/h14-16,18-19,21-23,28,31H,4-13,17,20H2,1-3H3,(H,34,35,36). The molecule has 1 amide bonds. The van der Waals surface area contributed by atoms with Crippen molar-refractivity contribution in [3.05, 3.63) is 48.5 Å². The van der Waals surface area contributed by atoms with Crippen molar-refractivity contribution in [1.29, 1.82) is 0 Å². The number of anilines is 1. The van der Waals surface area contributed by atoms with Gasteiger partial charge >= 0.3 is 0 Å². The molecule has 38 heavy (non-hydrogen) atoms. The first-order valence-electron chi connectivity index (χ1n) is 14.1. The predicted molar refractivity (Wildman–Crippen MR) is 152 cm³/mol. The van der Waals surface area contributed by atoms with Crippen molar-refractivity contribution in [3.63, 3.8) is 0 Å². The number of nitrogens with zero attached hydrogens (tertiary/aromatic N) is 1. The van der Waals surface area contributed by atoms with Crippen LogP contribution in [-0.2, 0) is 14.9 Å². The van der Waals surface area contributed by atoms with E-state index in [1.54, 1.807) is 30.3 Å². The summed E-state index contributed by atoms with van der Waals surface area (Å²) in [7, 11) is -4.59. The summed E-state index contributed by atoms with van der Waals surface area (Å²) < 4.78 is 39.9. The highest BCUT2D eigenvalue weighted by Crippen LogP contribution is 2.38. The summed E-state index contributed by atoms with van der Waals surface area (Å²) in [6.45, 7) is 6.08. The molecule has 1 heterocycles. The quantitative estimate of drug-likeness (QED) is 0.166. The number of benzene rings is 2. The van der Waals surface area contributed by atoms with Crippen LogP contribution in [0.4, 0.5) is 5.69 Å². The number of para-hydroxylation sites is 1. The Labute approximate surface area is 228 Å². The van der Waals surface area contributed by atoms with Gasteiger partial charge in [0.2, 0.25) is 5.91 Å². The van der Waals surface area contributed by atoms with Crippen molar-refractivity contribution < 1.29 is 22.5 Å². The van der Waals surface area contributed by atoms with Crippen LogP contribution in [0.2, 0.25) is 0 Å². The molecule has 0 aliphatic carbocycles. The zero-order chi connectivity index (χ0) is 27.6. The van der Waals surface area contributed by atoms with E-state index in [1.807, 2.05) is 19.9 Å². The highest BCUT2D eigenvalue weighted by Gasteiger charge is 2.47. The number of rotatable bonds is 16. The molecule has 7 nitrogen and oxygen atoms in total. The number of hydrogen-bond acceptors (Lipinski definition) is 5. The molecule has 210 valence electrons. The largest absolute Gasteiger partial charge is 0.456 e. The number of amides is 1. The second-order valence-electron chi connectivity index (χ2n) is 10.9. The lowest BCUT2D eigenvalue weighted by atomic mass is 9.82. The maximum Gasteiger partial charge on any atom is 0.298 e. The molecule has 0 aromatic heterocycles. The van der Waals surface area contributed by atoms with Gasteiger partial charge in [0.1, 0.15) is 16.4 Å². The van der Waals surface area contributed by atoms with Crippen molar-refractivity contribution in [3.8, 4) is 11.5 Å². The molecule has 1 aliphatic rings. The minimum atomic E-state index is -4.59. The third-order valence-electron chi connectivity index (χ3n) is 7.44. The summed E-state index contributed by atoms with van der Waals surface area (Å²) in [6.07, 6.45) is 14.8. The number of unbranched alkanes of at least 4 members (excludes halogenated alkanes) is 10. The first kappa shape index (κ1) is 30.1. The fraction of sp³-hybridized carbons (Fsp3) is 0.567. The molecule has 1 saturated heterocycles. The van der Waals surface area contributed by atoms with Crippen LogP contribution < -0.4 is 15.2 Å². The van der Waals surface area contributed by atoms with Gasteiger partial charge in [-0.3, -0.25) is 9.35 Å². The lowest BCUT2D eigenvalue weighted by Gasteiger charge is -2.22. The monoisotopic (exact) mass is 544 g/mol. The lowest BCUT2D eigenvalue weighted by molar-refractivity contribution is -0.124. The molecular formula is C30H44N2O5S. The van der Waals surface area contributed by atoms with E-state index < -0.39 is 15.5 Å². The Morgan fingerprint density at radius 1 is 0.895 bits per heavy atom. The molecular weight excluding hydrogens is 500 g/mol. The Kier molecular flexibility index (Phi) is 11.2. The maximum atomic E-state index is 13.3. The highest BCUT2D eigenvalue weighted by molar-refractivity contribution is 7.86. The topological polar surface area (TPSA) is 95.9 Å². The molecule has 0 bridgehead atoms. The van der Waals surface area contributed by atoms with E-state index >= 15 is 0 Å². The second-order valence-corrected chi connectivity index (χ2v) is 12.3. The third-order valence-corrected chi connectivity index (χ3v) is 8.32.